The average molecular weight is 299 g/mol. The molecule has 0 aliphatic heterocycles. The third-order valence-electron chi connectivity index (χ3n) is 3.57. The van der Waals surface area contributed by atoms with Crippen LogP contribution < -0.4 is 5.32 Å². The highest BCUT2D eigenvalue weighted by Crippen LogP contribution is 2.30. The SMILES string of the molecule is CCSC1CCCC1NCc1csc(C(C)(C)C)n1. The van der Waals surface area contributed by atoms with Gasteiger partial charge in [-0.05, 0) is 18.6 Å². The van der Waals surface area contributed by atoms with Crippen LogP contribution in [0.4, 0.5) is 0 Å². The Morgan fingerprint density at radius 2 is 2.21 bits per heavy atom. The summed E-state index contributed by atoms with van der Waals surface area (Å²) >= 11 is 3.91. The summed E-state index contributed by atoms with van der Waals surface area (Å²) in [6, 6.07) is 0.685. The summed E-state index contributed by atoms with van der Waals surface area (Å²) in [5, 5.41) is 7.99. The van der Waals surface area contributed by atoms with Crippen molar-refractivity contribution in [2.24, 2.45) is 0 Å². The van der Waals surface area contributed by atoms with E-state index in [4.69, 9.17) is 4.98 Å². The van der Waals surface area contributed by atoms with Crippen LogP contribution in [0, 0.1) is 0 Å². The number of nitrogens with zero attached hydrogens (tertiary/aromatic N) is 1. The van der Waals surface area contributed by atoms with Gasteiger partial charge < -0.3 is 5.32 Å². The Balaban J connectivity index is 1.87. The maximum atomic E-state index is 4.76. The molecule has 1 aromatic rings. The van der Waals surface area contributed by atoms with Crippen molar-refractivity contribution in [1.82, 2.24) is 10.3 Å². The van der Waals surface area contributed by atoms with Crippen molar-refractivity contribution in [1.29, 1.82) is 0 Å². The molecule has 0 amide bonds. The van der Waals surface area contributed by atoms with Crippen LogP contribution in [0.15, 0.2) is 5.38 Å². The quantitative estimate of drug-likeness (QED) is 0.881. The molecule has 0 aromatic carbocycles. The number of nitrogens with one attached hydrogen (secondary N) is 1. The number of aromatic nitrogens is 1. The van der Waals surface area contributed by atoms with Crippen LogP contribution in [-0.2, 0) is 12.0 Å². The predicted octanol–water partition coefficient (Wildman–Crippen LogP) is 4.20. The fraction of sp³-hybridized carbons (Fsp3) is 0.800. The molecule has 1 aromatic heterocycles. The fourth-order valence-corrected chi connectivity index (χ4v) is 4.67. The summed E-state index contributed by atoms with van der Waals surface area (Å²) in [5.74, 6) is 1.23. The van der Waals surface area contributed by atoms with E-state index in [1.54, 1.807) is 11.3 Å². The Morgan fingerprint density at radius 3 is 2.84 bits per heavy atom. The monoisotopic (exact) mass is 298 g/mol. The van der Waals surface area contributed by atoms with E-state index in [1.807, 2.05) is 0 Å². The minimum atomic E-state index is 0.177. The summed E-state index contributed by atoms with van der Waals surface area (Å²) in [6.07, 6.45) is 4.08. The molecule has 1 heterocycles. The molecule has 1 aliphatic rings. The van der Waals surface area contributed by atoms with Crippen LogP contribution >= 0.6 is 23.1 Å². The van der Waals surface area contributed by atoms with Gasteiger partial charge in [0.25, 0.3) is 0 Å². The largest absolute Gasteiger partial charge is 0.307 e. The molecule has 2 unspecified atom stereocenters. The molecule has 2 nitrogen and oxygen atoms in total. The van der Waals surface area contributed by atoms with Crippen molar-refractivity contribution in [2.75, 3.05) is 5.75 Å². The molecule has 108 valence electrons. The van der Waals surface area contributed by atoms with Gasteiger partial charge in [-0.3, -0.25) is 0 Å². The van der Waals surface area contributed by atoms with Gasteiger partial charge in [-0.15, -0.1) is 11.3 Å². The summed E-state index contributed by atoms with van der Waals surface area (Å²) < 4.78 is 0. The van der Waals surface area contributed by atoms with E-state index in [-0.39, 0.29) is 5.41 Å². The highest BCUT2D eigenvalue weighted by Gasteiger charge is 2.26. The zero-order chi connectivity index (χ0) is 13.9. The molecule has 19 heavy (non-hydrogen) atoms. The zero-order valence-electron chi connectivity index (χ0n) is 12.5. The lowest BCUT2D eigenvalue weighted by Crippen LogP contribution is -2.33. The van der Waals surface area contributed by atoms with E-state index in [1.165, 1.54) is 35.7 Å². The van der Waals surface area contributed by atoms with Gasteiger partial charge in [0.2, 0.25) is 0 Å². The van der Waals surface area contributed by atoms with Crippen LogP contribution in [-0.4, -0.2) is 22.0 Å². The Labute approximate surface area is 125 Å². The van der Waals surface area contributed by atoms with E-state index in [2.05, 4.69) is 50.2 Å². The second-order valence-electron chi connectivity index (χ2n) is 6.31. The van der Waals surface area contributed by atoms with Gasteiger partial charge in [0, 0.05) is 28.6 Å². The lowest BCUT2D eigenvalue weighted by atomic mass is 9.98. The van der Waals surface area contributed by atoms with Gasteiger partial charge in [0.05, 0.1) is 10.7 Å². The smallest absolute Gasteiger partial charge is 0.0982 e. The lowest BCUT2D eigenvalue weighted by molar-refractivity contribution is 0.524. The lowest BCUT2D eigenvalue weighted by Gasteiger charge is -2.19. The van der Waals surface area contributed by atoms with E-state index >= 15 is 0 Å². The number of rotatable bonds is 5. The molecule has 4 heteroatoms. The molecule has 0 saturated heterocycles. The first-order valence-electron chi connectivity index (χ1n) is 7.30. The maximum absolute atomic E-state index is 4.76. The highest BCUT2D eigenvalue weighted by molar-refractivity contribution is 7.99. The van der Waals surface area contributed by atoms with Gasteiger partial charge in [-0.2, -0.15) is 11.8 Å². The number of thioether (sulfide) groups is 1. The molecule has 1 saturated carbocycles. The molecule has 0 radical (unpaired) electrons. The van der Waals surface area contributed by atoms with Gasteiger partial charge in [0.1, 0.15) is 0 Å². The average Bonchev–Trinajstić information content (AvgIpc) is 2.94. The van der Waals surface area contributed by atoms with Crippen molar-refractivity contribution in [3.8, 4) is 0 Å². The van der Waals surface area contributed by atoms with Crippen LogP contribution in [0.1, 0.15) is 57.7 Å². The summed E-state index contributed by atoms with van der Waals surface area (Å²) in [7, 11) is 0. The van der Waals surface area contributed by atoms with Crippen LogP contribution in [0.5, 0.6) is 0 Å². The molecule has 0 bridgehead atoms. The normalized spacial score (nSPS) is 24.0. The van der Waals surface area contributed by atoms with Gasteiger partial charge in [0.15, 0.2) is 0 Å². The van der Waals surface area contributed by atoms with Crippen LogP contribution in [0.2, 0.25) is 0 Å². The van der Waals surface area contributed by atoms with Crippen molar-refractivity contribution in [3.05, 3.63) is 16.1 Å². The molecule has 1 aliphatic carbocycles. The number of thiazole rings is 1. The van der Waals surface area contributed by atoms with E-state index in [0.717, 1.165) is 11.8 Å². The third-order valence-corrected chi connectivity index (χ3v) is 6.21. The molecule has 1 N–H and O–H groups in total. The Bertz CT molecular complexity index is 395. The Kier molecular flexibility index (Phi) is 5.32. The van der Waals surface area contributed by atoms with Gasteiger partial charge >= 0.3 is 0 Å². The molecular formula is C15H26N2S2. The number of hydrogen-bond acceptors (Lipinski definition) is 4. The minimum Gasteiger partial charge on any atom is -0.307 e. The summed E-state index contributed by atoms with van der Waals surface area (Å²) in [4.78, 5) is 4.76. The topological polar surface area (TPSA) is 24.9 Å². The van der Waals surface area contributed by atoms with E-state index in [9.17, 15) is 0 Å². The van der Waals surface area contributed by atoms with Crippen molar-refractivity contribution in [3.63, 3.8) is 0 Å². The van der Waals surface area contributed by atoms with Crippen molar-refractivity contribution >= 4 is 23.1 Å². The second-order valence-corrected chi connectivity index (χ2v) is 8.68. The highest BCUT2D eigenvalue weighted by atomic mass is 32.2. The molecule has 1 fully saturated rings. The summed E-state index contributed by atoms with van der Waals surface area (Å²) in [6.45, 7) is 9.88. The van der Waals surface area contributed by atoms with Crippen LogP contribution in [0.25, 0.3) is 0 Å². The van der Waals surface area contributed by atoms with Gasteiger partial charge in [-0.25, -0.2) is 4.98 Å². The fourth-order valence-electron chi connectivity index (χ4n) is 2.54. The standard InChI is InChI=1S/C15H26N2S2/c1-5-18-13-8-6-7-12(13)16-9-11-10-19-14(17-11)15(2,3)4/h10,12-13,16H,5-9H2,1-4H3. The third kappa shape index (κ3) is 4.20. The Hall–Kier alpha value is -0.0600. The van der Waals surface area contributed by atoms with E-state index in [0.29, 0.717) is 6.04 Å². The first-order valence-corrected chi connectivity index (χ1v) is 9.23. The Morgan fingerprint density at radius 1 is 1.42 bits per heavy atom. The second kappa shape index (κ2) is 6.59. The zero-order valence-corrected chi connectivity index (χ0v) is 14.2. The molecular weight excluding hydrogens is 272 g/mol. The molecule has 2 atom stereocenters. The predicted molar refractivity (Wildman–Crippen MR) is 87.2 cm³/mol. The minimum absolute atomic E-state index is 0.177. The summed E-state index contributed by atoms with van der Waals surface area (Å²) in [5.41, 5.74) is 1.39. The number of hydrogen-bond donors (Lipinski definition) is 1. The molecule has 2 rings (SSSR count). The first kappa shape index (κ1) is 15.3. The van der Waals surface area contributed by atoms with Gasteiger partial charge in [-0.1, -0.05) is 34.1 Å². The maximum Gasteiger partial charge on any atom is 0.0982 e. The van der Waals surface area contributed by atoms with Crippen LogP contribution in [0.3, 0.4) is 0 Å². The van der Waals surface area contributed by atoms with E-state index < -0.39 is 0 Å². The molecule has 0 spiro atoms. The van der Waals surface area contributed by atoms with Crippen molar-refractivity contribution in [2.45, 2.75) is 70.2 Å². The first-order chi connectivity index (χ1) is 9.00. The van der Waals surface area contributed by atoms with Crippen molar-refractivity contribution < 1.29 is 0 Å².